The van der Waals surface area contributed by atoms with E-state index in [1.807, 2.05) is 43.3 Å². The second-order valence-corrected chi connectivity index (χ2v) is 8.71. The number of ether oxygens (including phenoxy) is 1. The molecule has 10 heteroatoms. The van der Waals surface area contributed by atoms with Gasteiger partial charge in [0.2, 0.25) is 0 Å². The average Bonchev–Trinajstić information content (AvgIpc) is 2.90. The minimum atomic E-state index is -4.75. The monoisotopic (exact) mass is 541 g/mol. The number of nitrogens with two attached hydrogens (primary N) is 1. The Morgan fingerprint density at radius 3 is 2.28 bits per heavy atom. The molecule has 7 nitrogen and oxygen atoms in total. The van der Waals surface area contributed by atoms with Gasteiger partial charge in [0, 0.05) is 18.3 Å². The molecule has 39 heavy (non-hydrogen) atoms. The molecule has 3 aromatic carbocycles. The number of carboxylic acid groups (broad SMARTS) is 1. The maximum absolute atomic E-state index is 12.5. The molecule has 0 saturated carbocycles. The Labute approximate surface area is 224 Å². The number of nitrogens with one attached hydrogen (secondary N) is 1. The fraction of sp³-hybridized carbons (Fsp3) is 0.241. The van der Waals surface area contributed by atoms with Crippen LogP contribution in [0.25, 0.3) is 11.1 Å². The van der Waals surface area contributed by atoms with E-state index in [0.717, 1.165) is 34.4 Å². The van der Waals surface area contributed by atoms with Crippen molar-refractivity contribution < 1.29 is 32.6 Å². The number of carbonyl (C=O) groups is 2. The Morgan fingerprint density at radius 2 is 1.67 bits per heavy atom. The normalized spacial score (nSPS) is 11.4. The fourth-order valence-electron chi connectivity index (χ4n) is 3.85. The molecular formula is C29H30F3N3O4. The zero-order valence-corrected chi connectivity index (χ0v) is 21.4. The van der Waals surface area contributed by atoms with E-state index >= 15 is 0 Å². The van der Waals surface area contributed by atoms with Crippen LogP contribution in [0.3, 0.4) is 0 Å². The molecule has 0 saturated heterocycles. The molecule has 0 spiro atoms. The van der Waals surface area contributed by atoms with Crippen molar-refractivity contribution in [3.63, 3.8) is 0 Å². The van der Waals surface area contributed by atoms with Crippen molar-refractivity contribution in [2.24, 2.45) is 5.84 Å². The smallest absolute Gasteiger partial charge is 0.481 e. The van der Waals surface area contributed by atoms with E-state index in [9.17, 15) is 22.8 Å². The summed E-state index contributed by atoms with van der Waals surface area (Å²) in [5.74, 6) is 4.66. The van der Waals surface area contributed by atoms with Gasteiger partial charge >= 0.3 is 12.3 Å². The van der Waals surface area contributed by atoms with Gasteiger partial charge in [0.15, 0.2) is 0 Å². The van der Waals surface area contributed by atoms with Crippen LogP contribution in [0.2, 0.25) is 0 Å². The summed E-state index contributed by atoms with van der Waals surface area (Å²) in [5.41, 5.74) is 4.67. The van der Waals surface area contributed by atoms with Crippen LogP contribution in [0.15, 0.2) is 79.0 Å². The molecule has 0 bridgehead atoms. The topological polar surface area (TPSA) is 105 Å². The lowest BCUT2D eigenvalue weighted by atomic mass is 9.97. The summed E-state index contributed by atoms with van der Waals surface area (Å²) in [4.78, 5) is 22.8. The van der Waals surface area contributed by atoms with Gasteiger partial charge in [-0.3, -0.25) is 14.6 Å². The highest BCUT2D eigenvalue weighted by atomic mass is 19.4. The van der Waals surface area contributed by atoms with Crippen LogP contribution in [0.5, 0.6) is 5.75 Å². The van der Waals surface area contributed by atoms with Crippen LogP contribution in [-0.4, -0.2) is 29.9 Å². The molecule has 0 aliphatic carbocycles. The second-order valence-electron chi connectivity index (χ2n) is 8.71. The Kier molecular flexibility index (Phi) is 10.1. The zero-order valence-electron chi connectivity index (χ0n) is 21.4. The largest absolute Gasteiger partial charge is 0.573 e. The number of hydrogen-bond acceptors (Lipinski definition) is 5. The summed E-state index contributed by atoms with van der Waals surface area (Å²) in [7, 11) is 0. The predicted molar refractivity (Wildman–Crippen MR) is 143 cm³/mol. The van der Waals surface area contributed by atoms with Crippen molar-refractivity contribution >= 4 is 17.6 Å². The number of aliphatic carboxylic acids is 1. The number of anilines is 1. The average molecular weight is 542 g/mol. The van der Waals surface area contributed by atoms with Gasteiger partial charge in [0.1, 0.15) is 5.75 Å². The molecule has 0 unspecified atom stereocenters. The van der Waals surface area contributed by atoms with E-state index in [-0.39, 0.29) is 24.6 Å². The predicted octanol–water partition coefficient (Wildman–Crippen LogP) is 5.85. The highest BCUT2D eigenvalue weighted by Crippen LogP contribution is 2.30. The quantitative estimate of drug-likeness (QED) is 0.196. The number of aryl methyl sites for hydroxylation is 2. The highest BCUT2D eigenvalue weighted by molar-refractivity contribution is 5.94. The van der Waals surface area contributed by atoms with E-state index in [1.165, 1.54) is 17.1 Å². The van der Waals surface area contributed by atoms with Gasteiger partial charge in [-0.2, -0.15) is 0 Å². The minimum absolute atomic E-state index is 0.0508. The first-order valence-electron chi connectivity index (χ1n) is 12.3. The van der Waals surface area contributed by atoms with Gasteiger partial charge < -0.3 is 15.2 Å². The van der Waals surface area contributed by atoms with E-state index in [0.29, 0.717) is 18.4 Å². The van der Waals surface area contributed by atoms with Gasteiger partial charge in [-0.25, -0.2) is 5.84 Å². The summed E-state index contributed by atoms with van der Waals surface area (Å²) in [5, 5.41) is 12.8. The molecule has 0 fully saturated rings. The highest BCUT2D eigenvalue weighted by Gasteiger charge is 2.31. The van der Waals surface area contributed by atoms with Crippen LogP contribution in [0.1, 0.15) is 41.3 Å². The van der Waals surface area contributed by atoms with E-state index in [2.05, 4.69) is 10.1 Å². The first-order chi connectivity index (χ1) is 18.6. The van der Waals surface area contributed by atoms with E-state index in [4.69, 9.17) is 10.9 Å². The number of allylic oxidation sites excluding steroid dienone is 1. The number of carboxylic acids is 1. The molecule has 206 valence electrons. The lowest BCUT2D eigenvalue weighted by molar-refractivity contribution is -0.274. The number of hydrazine groups is 1. The van der Waals surface area contributed by atoms with Gasteiger partial charge in [-0.1, -0.05) is 43.3 Å². The Balaban J connectivity index is 1.78. The standard InChI is InChI=1S/C29H30F3N3O4/c1-2-3-18-35(33)26-15-12-23(21-10-13-25(14-11-21)39-29(30,31)32)19-24(26)9-6-20-4-7-22(8-5-20)28(38)34-17-16-27(36)37/h3-5,7-8,10-15,18-19H,2,6,9,16-17,33H2,1H3,(H,34,38)(H,36,37)/b18-3-. The van der Waals surface area contributed by atoms with Crippen LogP contribution < -0.4 is 20.9 Å². The number of halogens is 3. The fourth-order valence-corrected chi connectivity index (χ4v) is 3.85. The van der Waals surface area contributed by atoms with Crippen LogP contribution >= 0.6 is 0 Å². The van der Waals surface area contributed by atoms with E-state index < -0.39 is 12.3 Å². The summed E-state index contributed by atoms with van der Waals surface area (Å²) in [6.07, 6.45) is 0.857. The molecular weight excluding hydrogens is 511 g/mol. The van der Waals surface area contributed by atoms with Crippen LogP contribution in [0, 0.1) is 0 Å². The molecule has 0 radical (unpaired) electrons. The molecule has 1 amide bonds. The van der Waals surface area contributed by atoms with E-state index in [1.54, 1.807) is 30.5 Å². The van der Waals surface area contributed by atoms with Crippen molar-refractivity contribution in [1.82, 2.24) is 5.32 Å². The summed E-state index contributed by atoms with van der Waals surface area (Å²) in [6, 6.07) is 18.4. The second kappa shape index (κ2) is 13.5. The maximum Gasteiger partial charge on any atom is 0.573 e. The molecule has 0 heterocycles. The lowest BCUT2D eigenvalue weighted by Crippen LogP contribution is -2.26. The summed E-state index contributed by atoms with van der Waals surface area (Å²) < 4.78 is 41.5. The van der Waals surface area contributed by atoms with Crippen molar-refractivity contribution in [1.29, 1.82) is 0 Å². The Morgan fingerprint density at radius 1 is 1.00 bits per heavy atom. The molecule has 3 aromatic rings. The zero-order chi connectivity index (χ0) is 28.4. The van der Waals surface area contributed by atoms with Crippen LogP contribution in [0.4, 0.5) is 18.9 Å². The third kappa shape index (κ3) is 9.19. The van der Waals surface area contributed by atoms with Crippen molar-refractivity contribution in [2.75, 3.05) is 11.6 Å². The molecule has 0 aromatic heterocycles. The first kappa shape index (κ1) is 29.2. The number of hydrogen-bond donors (Lipinski definition) is 3. The summed E-state index contributed by atoms with van der Waals surface area (Å²) >= 11 is 0. The summed E-state index contributed by atoms with van der Waals surface area (Å²) in [6.45, 7) is 2.05. The Bertz CT molecular complexity index is 1290. The SMILES string of the molecule is CC/C=C\N(N)c1ccc(-c2ccc(OC(F)(F)F)cc2)cc1CCc1ccc(C(=O)NCCC(=O)O)cc1. The van der Waals surface area contributed by atoms with Crippen molar-refractivity contribution in [3.05, 3.63) is 95.7 Å². The third-order valence-corrected chi connectivity index (χ3v) is 5.80. The molecule has 0 aliphatic rings. The Hall–Kier alpha value is -4.31. The first-order valence-corrected chi connectivity index (χ1v) is 12.3. The van der Waals surface area contributed by atoms with Crippen LogP contribution in [-0.2, 0) is 17.6 Å². The number of benzene rings is 3. The molecule has 0 aliphatic heterocycles. The maximum atomic E-state index is 12.5. The van der Waals surface area contributed by atoms with Gasteiger partial charge in [-0.05, 0) is 77.9 Å². The number of amides is 1. The number of nitrogens with zero attached hydrogens (tertiary/aromatic N) is 1. The van der Waals surface area contributed by atoms with Crippen molar-refractivity contribution in [2.45, 2.75) is 39.0 Å². The van der Waals surface area contributed by atoms with Gasteiger partial charge in [0.05, 0.1) is 12.1 Å². The molecule has 4 N–H and O–H groups in total. The lowest BCUT2D eigenvalue weighted by Gasteiger charge is -2.20. The third-order valence-electron chi connectivity index (χ3n) is 5.80. The minimum Gasteiger partial charge on any atom is -0.481 e. The molecule has 0 atom stereocenters. The molecule has 3 rings (SSSR count). The number of alkyl halides is 3. The number of carbonyl (C=O) groups excluding carboxylic acids is 1. The van der Waals surface area contributed by atoms with Gasteiger partial charge in [-0.15, -0.1) is 13.2 Å². The van der Waals surface area contributed by atoms with Crippen molar-refractivity contribution in [3.8, 4) is 16.9 Å². The number of rotatable bonds is 12. The van der Waals surface area contributed by atoms with Gasteiger partial charge in [0.25, 0.3) is 5.91 Å².